The van der Waals surface area contributed by atoms with Crippen LogP contribution in [0.3, 0.4) is 0 Å². The van der Waals surface area contributed by atoms with Crippen molar-refractivity contribution in [2.24, 2.45) is 0 Å². The third-order valence-corrected chi connectivity index (χ3v) is 6.68. The number of halogens is 1. The van der Waals surface area contributed by atoms with Gasteiger partial charge in [0.2, 0.25) is 5.91 Å². The normalized spacial score (nSPS) is 13.0. The largest absolute Gasteiger partial charge is 0.498 e. The van der Waals surface area contributed by atoms with Gasteiger partial charge in [0.25, 0.3) is 0 Å². The number of hydrogen-bond acceptors (Lipinski definition) is 5. The van der Waals surface area contributed by atoms with Gasteiger partial charge < -0.3 is 10.1 Å². The summed E-state index contributed by atoms with van der Waals surface area (Å²) in [6, 6.07) is 13.8. The second kappa shape index (κ2) is 9.83. The van der Waals surface area contributed by atoms with Gasteiger partial charge in [0.05, 0.1) is 25.7 Å². The van der Waals surface area contributed by atoms with Gasteiger partial charge in [-0.05, 0) is 41.8 Å². The smallest absolute Gasteiger partial charge is 0.229 e. The monoisotopic (exact) mass is 460 g/mol. The lowest BCUT2D eigenvalue weighted by Gasteiger charge is -2.27. The number of nitrogens with zero attached hydrogens (tertiary/aromatic N) is 3. The molecule has 0 saturated heterocycles. The first kappa shape index (κ1) is 22.5. The Balaban J connectivity index is 1.48. The molecule has 2 heterocycles. The lowest BCUT2D eigenvalue weighted by Crippen LogP contribution is -2.29. The van der Waals surface area contributed by atoms with Crippen LogP contribution in [0.2, 0.25) is 0 Å². The van der Waals surface area contributed by atoms with E-state index in [2.05, 4.69) is 21.1 Å². The molecule has 0 fully saturated rings. The van der Waals surface area contributed by atoms with E-state index in [-0.39, 0.29) is 18.1 Å². The molecule has 8 heteroatoms. The van der Waals surface area contributed by atoms with E-state index in [1.807, 2.05) is 6.07 Å². The first-order valence-corrected chi connectivity index (χ1v) is 11.2. The highest BCUT2D eigenvalue weighted by Gasteiger charge is 2.25. The lowest BCUT2D eigenvalue weighted by molar-refractivity contribution is -0.115. The van der Waals surface area contributed by atoms with Crippen molar-refractivity contribution >= 4 is 27.9 Å². The average molecular weight is 461 g/mol. The zero-order chi connectivity index (χ0) is 23.4. The zero-order valence-electron chi connectivity index (χ0n) is 18.0. The van der Waals surface area contributed by atoms with Crippen LogP contribution in [-0.2, 0) is 30.7 Å². The first-order valence-electron chi connectivity index (χ1n) is 10.4. The Bertz CT molecular complexity index is 1290. The van der Waals surface area contributed by atoms with Gasteiger partial charge in [-0.25, -0.2) is 9.24 Å². The summed E-state index contributed by atoms with van der Waals surface area (Å²) in [6.45, 7) is 9.18. The van der Waals surface area contributed by atoms with Crippen molar-refractivity contribution in [2.45, 2.75) is 25.9 Å². The number of amides is 1. The Morgan fingerprint density at radius 3 is 2.91 bits per heavy atom. The molecule has 1 aromatic heterocycles. The number of carbonyl (C=O) groups is 1. The molecule has 2 aromatic carbocycles. The number of nitriles is 1. The van der Waals surface area contributed by atoms with Crippen molar-refractivity contribution in [1.82, 2.24) is 4.90 Å². The first-order chi connectivity index (χ1) is 16.0. The minimum atomic E-state index is -0.261. The molecule has 6 nitrogen and oxygen atoms in total. The zero-order valence-corrected chi connectivity index (χ0v) is 18.8. The van der Waals surface area contributed by atoms with Gasteiger partial charge in [-0.2, -0.15) is 5.26 Å². The SMILES string of the molecule is [C-]#[N+]c1cc(CC(=O)Nc2sc3c(c2C#N)CN(Cc2cccc(F)c2)CC3)cc(OC)c1. The van der Waals surface area contributed by atoms with Gasteiger partial charge in [0, 0.05) is 30.1 Å². The average Bonchev–Trinajstić information content (AvgIpc) is 3.14. The summed E-state index contributed by atoms with van der Waals surface area (Å²) in [7, 11) is 1.51. The fraction of sp³-hybridized carbons (Fsp3) is 0.240. The molecular weight excluding hydrogens is 439 g/mol. The Kier molecular flexibility index (Phi) is 6.69. The fourth-order valence-electron chi connectivity index (χ4n) is 3.96. The summed E-state index contributed by atoms with van der Waals surface area (Å²) in [4.78, 5) is 19.4. The van der Waals surface area contributed by atoms with Gasteiger partial charge in [-0.3, -0.25) is 9.69 Å². The van der Waals surface area contributed by atoms with Crippen LogP contribution < -0.4 is 10.1 Å². The third-order valence-electron chi connectivity index (χ3n) is 5.47. The molecule has 0 radical (unpaired) electrons. The van der Waals surface area contributed by atoms with Gasteiger partial charge in [-0.15, -0.1) is 11.3 Å². The molecule has 0 saturated carbocycles. The number of benzene rings is 2. The van der Waals surface area contributed by atoms with Crippen LogP contribution in [0.5, 0.6) is 5.75 Å². The van der Waals surface area contributed by atoms with Crippen LogP contribution in [0, 0.1) is 23.7 Å². The Morgan fingerprint density at radius 2 is 2.18 bits per heavy atom. The maximum Gasteiger partial charge on any atom is 0.229 e. The Hall–Kier alpha value is -3.72. The number of carbonyl (C=O) groups excluding carboxylic acids is 1. The topological polar surface area (TPSA) is 69.7 Å². The van der Waals surface area contributed by atoms with Crippen LogP contribution in [0.1, 0.15) is 27.1 Å². The second-order valence-corrected chi connectivity index (χ2v) is 8.89. The van der Waals surface area contributed by atoms with E-state index in [4.69, 9.17) is 11.3 Å². The molecule has 3 aromatic rings. The molecule has 0 spiro atoms. The molecular formula is C25H21FN4O2S. The molecule has 0 unspecified atom stereocenters. The fourth-order valence-corrected chi connectivity index (χ4v) is 5.13. The maximum absolute atomic E-state index is 13.5. The van der Waals surface area contributed by atoms with Gasteiger partial charge in [0.15, 0.2) is 5.69 Å². The molecule has 33 heavy (non-hydrogen) atoms. The van der Waals surface area contributed by atoms with E-state index < -0.39 is 0 Å². The van der Waals surface area contributed by atoms with Crippen LogP contribution in [0.25, 0.3) is 4.85 Å². The predicted octanol–water partition coefficient (Wildman–Crippen LogP) is 5.06. The van der Waals surface area contributed by atoms with Crippen LogP contribution in [0.4, 0.5) is 15.1 Å². The molecule has 1 amide bonds. The molecule has 1 N–H and O–H groups in total. The number of hydrogen-bond donors (Lipinski definition) is 1. The van der Waals surface area contributed by atoms with Crippen LogP contribution in [0.15, 0.2) is 42.5 Å². The van der Waals surface area contributed by atoms with E-state index >= 15 is 0 Å². The highest BCUT2D eigenvalue weighted by Crippen LogP contribution is 2.37. The minimum Gasteiger partial charge on any atom is -0.498 e. The summed E-state index contributed by atoms with van der Waals surface area (Å²) in [6.07, 6.45) is 0.836. The van der Waals surface area contributed by atoms with Crippen LogP contribution in [-0.4, -0.2) is 24.5 Å². The summed E-state index contributed by atoms with van der Waals surface area (Å²) >= 11 is 1.44. The standard InChI is InChI=1S/C25H21FN4O2S/c1-28-19-9-17(10-20(12-19)32-2)11-24(31)29-25-21(13-27)22-15-30(7-6-23(22)33-25)14-16-4-3-5-18(26)8-16/h3-5,8-10,12H,6-7,11,14-15H2,2H3,(H,29,31). The quantitative estimate of drug-likeness (QED) is 0.522. The summed E-state index contributed by atoms with van der Waals surface area (Å²) in [5.74, 6) is 0.00267. The summed E-state index contributed by atoms with van der Waals surface area (Å²) in [5, 5.41) is 13.2. The lowest BCUT2D eigenvalue weighted by atomic mass is 10.0. The van der Waals surface area contributed by atoms with E-state index in [1.165, 1.54) is 30.6 Å². The van der Waals surface area contributed by atoms with E-state index in [0.29, 0.717) is 40.7 Å². The Labute approximate surface area is 195 Å². The molecule has 0 atom stereocenters. The maximum atomic E-state index is 13.5. The van der Waals surface area contributed by atoms with E-state index in [1.54, 1.807) is 24.3 Å². The predicted molar refractivity (Wildman–Crippen MR) is 125 cm³/mol. The van der Waals surface area contributed by atoms with Crippen molar-refractivity contribution in [2.75, 3.05) is 19.0 Å². The number of anilines is 1. The highest BCUT2D eigenvalue weighted by molar-refractivity contribution is 7.16. The van der Waals surface area contributed by atoms with Crippen molar-refractivity contribution in [1.29, 1.82) is 5.26 Å². The van der Waals surface area contributed by atoms with Crippen molar-refractivity contribution in [3.05, 3.63) is 86.8 Å². The van der Waals surface area contributed by atoms with Gasteiger partial charge in [-0.1, -0.05) is 18.2 Å². The third kappa shape index (κ3) is 5.20. The van der Waals surface area contributed by atoms with Crippen molar-refractivity contribution in [3.8, 4) is 11.8 Å². The van der Waals surface area contributed by atoms with Gasteiger partial charge >= 0.3 is 0 Å². The molecule has 1 aliphatic heterocycles. The van der Waals surface area contributed by atoms with E-state index in [9.17, 15) is 14.4 Å². The molecule has 0 aliphatic carbocycles. The number of rotatable bonds is 6. The number of methoxy groups -OCH3 is 1. The van der Waals surface area contributed by atoms with Crippen molar-refractivity contribution in [3.63, 3.8) is 0 Å². The number of thiophene rings is 1. The molecule has 0 bridgehead atoms. The Morgan fingerprint density at radius 1 is 1.33 bits per heavy atom. The number of ether oxygens (including phenoxy) is 1. The van der Waals surface area contributed by atoms with Crippen molar-refractivity contribution < 1.29 is 13.9 Å². The van der Waals surface area contributed by atoms with E-state index in [0.717, 1.165) is 29.0 Å². The second-order valence-electron chi connectivity index (χ2n) is 7.79. The molecule has 1 aliphatic rings. The summed E-state index contributed by atoms with van der Waals surface area (Å²) < 4.78 is 18.7. The molecule has 166 valence electrons. The minimum absolute atomic E-state index is 0.0683. The van der Waals surface area contributed by atoms with Gasteiger partial charge in [0.1, 0.15) is 22.6 Å². The molecule has 4 rings (SSSR count). The number of fused-ring (bicyclic) bond motifs is 1. The highest BCUT2D eigenvalue weighted by atomic mass is 32.1. The summed E-state index contributed by atoms with van der Waals surface area (Å²) in [5.41, 5.74) is 3.37. The number of nitrogens with one attached hydrogen (secondary N) is 1. The van der Waals surface area contributed by atoms with Crippen LogP contribution >= 0.6 is 11.3 Å².